The van der Waals surface area contributed by atoms with Crippen LogP contribution in [0.1, 0.15) is 29.8 Å². The van der Waals surface area contributed by atoms with Crippen LogP contribution in [-0.4, -0.2) is 64.5 Å². The van der Waals surface area contributed by atoms with Crippen LogP contribution >= 0.6 is 0 Å². The summed E-state index contributed by atoms with van der Waals surface area (Å²) in [6.07, 6.45) is -5.08. The summed E-state index contributed by atoms with van der Waals surface area (Å²) in [5.41, 5.74) is 3.59. The Hall–Kier alpha value is -2.66. The van der Waals surface area contributed by atoms with Gasteiger partial charge in [0, 0.05) is 39.2 Å². The van der Waals surface area contributed by atoms with Crippen molar-refractivity contribution in [2.24, 2.45) is 0 Å². The number of fused-ring (bicyclic) bond motifs is 1. The molecule has 11 heteroatoms. The lowest BCUT2D eigenvalue weighted by Crippen LogP contribution is -2.36. The second kappa shape index (κ2) is 10.4. The van der Waals surface area contributed by atoms with Crippen molar-refractivity contribution >= 4 is 5.97 Å². The molecule has 0 radical (unpaired) electrons. The minimum Gasteiger partial charge on any atom is -0.497 e. The Labute approximate surface area is 172 Å². The Morgan fingerprint density at radius 2 is 1.90 bits per heavy atom. The van der Waals surface area contributed by atoms with Gasteiger partial charge in [-0.05, 0) is 24.6 Å². The number of ether oxygens (including phenoxy) is 2. The molecule has 1 aliphatic rings. The van der Waals surface area contributed by atoms with Gasteiger partial charge in [-0.25, -0.2) is 9.48 Å². The number of benzene rings is 1. The van der Waals surface area contributed by atoms with Gasteiger partial charge in [-0.2, -0.15) is 13.2 Å². The number of halogens is 3. The lowest BCUT2D eigenvalue weighted by molar-refractivity contribution is -0.192. The number of aromatic nitrogens is 3. The Kier molecular flexibility index (Phi) is 8.18. The maximum atomic E-state index is 10.6. The van der Waals surface area contributed by atoms with Gasteiger partial charge in [-0.1, -0.05) is 17.3 Å². The largest absolute Gasteiger partial charge is 0.497 e. The van der Waals surface area contributed by atoms with Crippen molar-refractivity contribution in [3.05, 3.63) is 41.2 Å². The van der Waals surface area contributed by atoms with E-state index < -0.39 is 12.1 Å². The van der Waals surface area contributed by atoms with Crippen molar-refractivity contribution < 1.29 is 32.5 Å². The normalized spacial score (nSPS) is 16.4. The minimum atomic E-state index is -5.08. The second-order valence-corrected chi connectivity index (χ2v) is 6.71. The lowest BCUT2D eigenvalue weighted by atomic mass is 9.98. The first-order valence-corrected chi connectivity index (χ1v) is 9.26. The highest BCUT2D eigenvalue weighted by Gasteiger charge is 2.38. The summed E-state index contributed by atoms with van der Waals surface area (Å²) in [7, 11) is 3.44. The molecule has 2 aromatic rings. The van der Waals surface area contributed by atoms with Gasteiger partial charge < -0.3 is 14.6 Å². The molecule has 0 saturated carbocycles. The fraction of sp³-hybridized carbons (Fsp3) is 0.526. The van der Waals surface area contributed by atoms with Gasteiger partial charge >= 0.3 is 12.1 Å². The van der Waals surface area contributed by atoms with Crippen LogP contribution in [0.4, 0.5) is 13.2 Å². The van der Waals surface area contributed by atoms with E-state index in [1.54, 1.807) is 14.2 Å². The Morgan fingerprint density at radius 3 is 2.40 bits per heavy atom. The van der Waals surface area contributed by atoms with Gasteiger partial charge in [-0.15, -0.1) is 5.10 Å². The number of carboxylic acids is 1. The number of alkyl halides is 3. The molecule has 0 bridgehead atoms. The number of nitrogens with zero attached hydrogens (tertiary/aromatic N) is 4. The molecule has 0 fully saturated rings. The second-order valence-electron chi connectivity index (χ2n) is 6.71. The SMILES string of the molecule is CCn1nnc2c1C(COC)CN(Cc1ccc(OC)cc1)C2.O=C(O)C(F)(F)F. The third-order valence-electron chi connectivity index (χ3n) is 4.56. The fourth-order valence-corrected chi connectivity index (χ4v) is 3.27. The predicted octanol–water partition coefficient (Wildman–Crippen LogP) is 2.69. The fourth-order valence-electron chi connectivity index (χ4n) is 3.27. The van der Waals surface area contributed by atoms with Crippen molar-refractivity contribution in [3.63, 3.8) is 0 Å². The highest BCUT2D eigenvalue weighted by molar-refractivity contribution is 5.73. The topological polar surface area (TPSA) is 89.7 Å². The molecule has 1 N–H and O–H groups in total. The molecule has 0 spiro atoms. The first-order valence-electron chi connectivity index (χ1n) is 9.26. The van der Waals surface area contributed by atoms with Crippen LogP contribution in [0.3, 0.4) is 0 Å². The number of hydrogen-bond acceptors (Lipinski definition) is 6. The van der Waals surface area contributed by atoms with Crippen LogP contribution in [0.2, 0.25) is 0 Å². The molecule has 2 heterocycles. The van der Waals surface area contributed by atoms with Gasteiger partial charge in [0.1, 0.15) is 11.4 Å². The molecular weight excluding hydrogens is 405 g/mol. The summed E-state index contributed by atoms with van der Waals surface area (Å²) >= 11 is 0. The highest BCUT2D eigenvalue weighted by atomic mass is 19.4. The zero-order valence-electron chi connectivity index (χ0n) is 17.0. The number of carbonyl (C=O) groups is 1. The highest BCUT2D eigenvalue weighted by Crippen LogP contribution is 2.28. The molecule has 0 saturated heterocycles. The number of aryl methyl sites for hydroxylation is 1. The lowest BCUT2D eigenvalue weighted by Gasteiger charge is -2.32. The molecule has 1 aliphatic heterocycles. The maximum absolute atomic E-state index is 10.6. The molecule has 166 valence electrons. The van der Waals surface area contributed by atoms with E-state index in [0.717, 1.165) is 37.6 Å². The molecule has 3 rings (SSSR count). The molecule has 0 amide bonds. The van der Waals surface area contributed by atoms with Crippen molar-refractivity contribution in [3.8, 4) is 5.75 Å². The number of aliphatic carboxylic acids is 1. The van der Waals surface area contributed by atoms with Gasteiger partial charge in [0.2, 0.25) is 0 Å². The third kappa shape index (κ3) is 6.17. The Morgan fingerprint density at radius 1 is 1.27 bits per heavy atom. The molecule has 8 nitrogen and oxygen atoms in total. The van der Waals surface area contributed by atoms with Crippen LogP contribution in [-0.2, 0) is 29.2 Å². The monoisotopic (exact) mass is 430 g/mol. The first kappa shape index (κ1) is 23.6. The number of hydrogen-bond donors (Lipinski definition) is 1. The van der Waals surface area contributed by atoms with E-state index in [0.29, 0.717) is 12.5 Å². The van der Waals surface area contributed by atoms with Crippen molar-refractivity contribution in [2.75, 3.05) is 27.4 Å². The molecule has 1 atom stereocenters. The van der Waals surface area contributed by atoms with E-state index in [-0.39, 0.29) is 0 Å². The summed E-state index contributed by atoms with van der Waals surface area (Å²) in [6.45, 7) is 6.33. The van der Waals surface area contributed by atoms with Crippen LogP contribution < -0.4 is 4.74 Å². The first-order chi connectivity index (χ1) is 14.2. The zero-order valence-corrected chi connectivity index (χ0v) is 17.0. The van der Waals surface area contributed by atoms with E-state index in [1.165, 1.54) is 11.3 Å². The average molecular weight is 430 g/mol. The standard InChI is InChI=1S/C17H24N4O2.C2HF3O2/c1-4-21-17-14(12-22-2)10-20(11-16(17)18-19-21)9-13-5-7-15(23-3)8-6-13;3-2(4,5)1(6)7/h5-8,14H,4,9-12H2,1-3H3;(H,6,7). The van der Waals surface area contributed by atoms with Crippen molar-refractivity contribution in [2.45, 2.75) is 38.7 Å². The average Bonchev–Trinajstić information content (AvgIpc) is 3.12. The number of rotatable bonds is 6. The van der Waals surface area contributed by atoms with E-state index in [4.69, 9.17) is 19.4 Å². The molecular formula is C19H25F3N4O4. The Balaban J connectivity index is 0.000000396. The molecule has 1 unspecified atom stereocenters. The number of carboxylic acid groups (broad SMARTS) is 1. The van der Waals surface area contributed by atoms with Gasteiger partial charge in [-0.3, -0.25) is 4.90 Å². The zero-order chi connectivity index (χ0) is 22.3. The van der Waals surface area contributed by atoms with E-state index in [2.05, 4.69) is 34.3 Å². The summed E-state index contributed by atoms with van der Waals surface area (Å²) in [5, 5.41) is 15.8. The smallest absolute Gasteiger partial charge is 0.490 e. The molecule has 1 aromatic heterocycles. The molecule has 1 aromatic carbocycles. The van der Waals surface area contributed by atoms with Crippen LogP contribution in [0.15, 0.2) is 24.3 Å². The van der Waals surface area contributed by atoms with Crippen molar-refractivity contribution in [1.82, 2.24) is 19.9 Å². The third-order valence-corrected chi connectivity index (χ3v) is 4.56. The molecule has 30 heavy (non-hydrogen) atoms. The molecule has 0 aliphatic carbocycles. The van der Waals surface area contributed by atoms with Crippen molar-refractivity contribution in [1.29, 1.82) is 0 Å². The summed E-state index contributed by atoms with van der Waals surface area (Å²) in [6, 6.07) is 8.24. The van der Waals surface area contributed by atoms with Gasteiger partial charge in [0.15, 0.2) is 0 Å². The predicted molar refractivity (Wildman–Crippen MR) is 101 cm³/mol. The summed E-state index contributed by atoms with van der Waals surface area (Å²) in [5.74, 6) is -1.55. The van der Waals surface area contributed by atoms with Crippen LogP contribution in [0.5, 0.6) is 5.75 Å². The van der Waals surface area contributed by atoms with Gasteiger partial charge in [0.25, 0.3) is 0 Å². The maximum Gasteiger partial charge on any atom is 0.490 e. The summed E-state index contributed by atoms with van der Waals surface area (Å²) in [4.78, 5) is 11.3. The summed E-state index contributed by atoms with van der Waals surface area (Å²) < 4.78 is 44.4. The van der Waals surface area contributed by atoms with Crippen LogP contribution in [0, 0.1) is 0 Å². The van der Waals surface area contributed by atoms with Crippen LogP contribution in [0.25, 0.3) is 0 Å². The van der Waals surface area contributed by atoms with Gasteiger partial charge in [0.05, 0.1) is 19.4 Å². The quantitative estimate of drug-likeness (QED) is 0.754. The Bertz CT molecular complexity index is 824. The van der Waals surface area contributed by atoms with E-state index >= 15 is 0 Å². The van der Waals surface area contributed by atoms with E-state index in [1.807, 2.05) is 16.8 Å². The minimum absolute atomic E-state index is 0.317. The van der Waals surface area contributed by atoms with E-state index in [9.17, 15) is 13.2 Å². The number of methoxy groups -OCH3 is 2.